The molecule has 0 aromatic heterocycles. The van der Waals surface area contributed by atoms with Crippen molar-refractivity contribution >= 4 is 35.9 Å². The topological polar surface area (TPSA) is 237 Å². The van der Waals surface area contributed by atoms with Crippen LogP contribution in [0, 0.1) is 0 Å². The highest BCUT2D eigenvalue weighted by Crippen LogP contribution is 2.45. The molecule has 0 bridgehead atoms. The molecule has 0 saturated carbocycles. The molecular formula is C66H92N8O14. The Balaban J connectivity index is 0.783. The van der Waals surface area contributed by atoms with E-state index < -0.39 is 23.4 Å². The minimum atomic E-state index is -0.691. The molecule has 7 rings (SSSR count). The molecule has 2 aliphatic carbocycles. The van der Waals surface area contributed by atoms with Crippen LogP contribution >= 0.6 is 0 Å². The Morgan fingerprint density at radius 2 is 0.636 bits per heavy atom. The first kappa shape index (κ1) is 68.5. The number of nitrogens with zero attached hydrogens (tertiary/aromatic N) is 4. The van der Waals surface area contributed by atoms with Gasteiger partial charge in [0.15, 0.2) is 0 Å². The summed E-state index contributed by atoms with van der Waals surface area (Å²) in [5.41, 5.74) is 7.86. The maximum Gasteiger partial charge on any atom is 0.407 e. The fourth-order valence-electron chi connectivity index (χ4n) is 10.8. The van der Waals surface area contributed by atoms with E-state index in [0.29, 0.717) is 78.8 Å². The first-order valence-electron chi connectivity index (χ1n) is 30.7. The van der Waals surface area contributed by atoms with Crippen LogP contribution in [0.2, 0.25) is 0 Å². The third kappa shape index (κ3) is 23.5. The summed E-state index contributed by atoms with van der Waals surface area (Å²) in [6, 6.07) is 32.7. The normalized spacial score (nSPS) is 15.3. The van der Waals surface area contributed by atoms with E-state index in [1.54, 1.807) is 0 Å². The van der Waals surface area contributed by atoms with Gasteiger partial charge in [0.25, 0.3) is 0 Å². The molecule has 4 aromatic carbocycles. The van der Waals surface area contributed by atoms with Crippen LogP contribution in [0.15, 0.2) is 97.1 Å². The van der Waals surface area contributed by atoms with Gasteiger partial charge in [-0.15, -0.1) is 0 Å². The summed E-state index contributed by atoms with van der Waals surface area (Å²) in [7, 11) is 0. The van der Waals surface area contributed by atoms with Gasteiger partial charge in [-0.05, 0) is 86.1 Å². The van der Waals surface area contributed by atoms with Crippen molar-refractivity contribution in [3.05, 3.63) is 119 Å². The van der Waals surface area contributed by atoms with Crippen LogP contribution in [0.4, 0.5) is 9.59 Å². The Bertz CT molecular complexity index is 2580. The fourth-order valence-corrected chi connectivity index (χ4v) is 10.8. The second-order valence-corrected chi connectivity index (χ2v) is 23.9. The van der Waals surface area contributed by atoms with Crippen molar-refractivity contribution < 1.29 is 66.7 Å². The Hall–Kier alpha value is -7.02. The van der Waals surface area contributed by atoms with Crippen molar-refractivity contribution in [2.24, 2.45) is 0 Å². The lowest BCUT2D eigenvalue weighted by Crippen LogP contribution is -2.51. The molecule has 3 aliphatic rings. The van der Waals surface area contributed by atoms with Crippen LogP contribution in [-0.4, -0.2) is 238 Å². The summed E-state index contributed by atoms with van der Waals surface area (Å²) in [5, 5.41) is 11.4. The Morgan fingerprint density at radius 3 is 0.920 bits per heavy atom. The number of esters is 2. The van der Waals surface area contributed by atoms with E-state index in [0.717, 1.165) is 44.5 Å². The average Bonchev–Trinajstić information content (AvgIpc) is 1.71. The predicted molar refractivity (Wildman–Crippen MR) is 333 cm³/mol. The highest BCUT2D eigenvalue weighted by Gasteiger charge is 2.31. The minimum absolute atomic E-state index is 0.00832. The van der Waals surface area contributed by atoms with Gasteiger partial charge in [0.2, 0.25) is 11.8 Å². The van der Waals surface area contributed by atoms with Crippen LogP contribution in [-0.2, 0) is 57.1 Å². The lowest BCUT2D eigenvalue weighted by atomic mass is 9.98. The van der Waals surface area contributed by atoms with Gasteiger partial charge in [0, 0.05) is 90.4 Å². The van der Waals surface area contributed by atoms with E-state index in [-0.39, 0.29) is 128 Å². The Morgan fingerprint density at radius 1 is 0.375 bits per heavy atom. The number of rotatable bonds is 30. The van der Waals surface area contributed by atoms with Crippen molar-refractivity contribution in [3.8, 4) is 22.3 Å². The number of hydrogen-bond acceptors (Lipinski definition) is 18. The molecular weight excluding hydrogens is 1130 g/mol. The molecule has 0 atom stereocenters. The van der Waals surface area contributed by atoms with E-state index in [1.807, 2.05) is 110 Å². The molecule has 0 radical (unpaired) electrons. The highest BCUT2D eigenvalue weighted by atomic mass is 16.6. The number of carbonyl (C=O) groups excluding carboxylic acids is 6. The number of nitrogens with one attached hydrogen (secondary N) is 4. The second-order valence-electron chi connectivity index (χ2n) is 23.9. The lowest BCUT2D eigenvalue weighted by Gasteiger charge is -2.34. The molecule has 88 heavy (non-hydrogen) atoms. The van der Waals surface area contributed by atoms with Crippen LogP contribution < -0.4 is 21.3 Å². The molecule has 22 heteroatoms. The van der Waals surface area contributed by atoms with E-state index in [2.05, 4.69) is 69.8 Å². The van der Waals surface area contributed by atoms with Gasteiger partial charge in [-0.25, -0.2) is 9.59 Å². The predicted octanol–water partition coefficient (Wildman–Crippen LogP) is 5.27. The molecule has 1 heterocycles. The van der Waals surface area contributed by atoms with Crippen LogP contribution in [0.5, 0.6) is 0 Å². The van der Waals surface area contributed by atoms with Crippen molar-refractivity contribution in [1.29, 1.82) is 0 Å². The monoisotopic (exact) mass is 1220 g/mol. The zero-order valence-electron chi connectivity index (χ0n) is 52.3. The van der Waals surface area contributed by atoms with Gasteiger partial charge < -0.3 is 59.2 Å². The third-order valence-corrected chi connectivity index (χ3v) is 14.8. The SMILES string of the molecule is CC(C)(C)OC(=O)CN1CCN(CC(=O)NCCOCCOCCNC(=O)OCC2c3ccccc3-c3ccccc32)CCN(CC(=O)OC(C)(C)C)CCN(CC(=O)NCCOCCOCCNC(=O)OCC2c3ccccc3-c3ccccc32)CC1. The van der Waals surface area contributed by atoms with E-state index in [1.165, 1.54) is 0 Å². The number of fused-ring (bicyclic) bond motifs is 6. The van der Waals surface area contributed by atoms with Gasteiger partial charge in [-0.2, -0.15) is 0 Å². The maximum absolute atomic E-state index is 13.4. The van der Waals surface area contributed by atoms with Gasteiger partial charge in [-0.3, -0.25) is 38.8 Å². The molecule has 1 saturated heterocycles. The Labute approximate surface area is 518 Å². The van der Waals surface area contributed by atoms with Gasteiger partial charge >= 0.3 is 24.1 Å². The first-order valence-corrected chi connectivity index (χ1v) is 30.7. The van der Waals surface area contributed by atoms with Gasteiger partial charge in [0.05, 0.1) is 79.0 Å². The van der Waals surface area contributed by atoms with E-state index in [9.17, 15) is 28.8 Å². The molecule has 1 aliphatic heterocycles. The van der Waals surface area contributed by atoms with Crippen LogP contribution in [0.1, 0.15) is 75.6 Å². The van der Waals surface area contributed by atoms with Crippen LogP contribution in [0.3, 0.4) is 0 Å². The summed E-state index contributed by atoms with van der Waals surface area (Å²) in [5.74, 6) is -1.24. The van der Waals surface area contributed by atoms with Crippen molar-refractivity contribution in [2.45, 2.75) is 64.6 Å². The molecule has 0 unspecified atom stereocenters. The second kappa shape index (κ2) is 35.2. The number of carbonyl (C=O) groups is 6. The van der Waals surface area contributed by atoms with Gasteiger partial charge in [0.1, 0.15) is 24.4 Å². The largest absolute Gasteiger partial charge is 0.459 e. The van der Waals surface area contributed by atoms with Crippen molar-refractivity contribution in [3.63, 3.8) is 0 Å². The van der Waals surface area contributed by atoms with E-state index >= 15 is 0 Å². The lowest BCUT2D eigenvalue weighted by molar-refractivity contribution is -0.157. The molecule has 0 spiro atoms. The molecule has 1 fully saturated rings. The number of ether oxygens (including phenoxy) is 8. The number of amides is 4. The summed E-state index contributed by atoms with van der Waals surface area (Å²) < 4.78 is 45.3. The smallest absolute Gasteiger partial charge is 0.407 e. The first-order chi connectivity index (χ1) is 42.4. The third-order valence-electron chi connectivity index (χ3n) is 14.8. The zero-order chi connectivity index (χ0) is 62.7. The van der Waals surface area contributed by atoms with E-state index in [4.69, 9.17) is 37.9 Å². The summed E-state index contributed by atoms with van der Waals surface area (Å²) in [6.45, 7) is 18.2. The summed E-state index contributed by atoms with van der Waals surface area (Å²) in [4.78, 5) is 86.3. The highest BCUT2D eigenvalue weighted by molar-refractivity contribution is 5.81. The quantitative estimate of drug-likeness (QED) is 0.0296. The fraction of sp³-hybridized carbons (Fsp3) is 0.545. The molecule has 22 nitrogen and oxygen atoms in total. The summed E-state index contributed by atoms with van der Waals surface area (Å²) >= 11 is 0. The van der Waals surface area contributed by atoms with Crippen molar-refractivity contribution in [2.75, 3.05) is 171 Å². The molecule has 480 valence electrons. The molecule has 4 N–H and O–H groups in total. The minimum Gasteiger partial charge on any atom is -0.459 e. The number of benzene rings is 4. The number of hydrogen-bond donors (Lipinski definition) is 4. The standard InChI is InChI=1S/C66H92N8O14/c1-65(2,3)87-61(77)45-73-31-27-71(43-59(75)67-23-35-81-39-41-83-37-25-69-63(79)85-47-57-53-19-11-7-15-49(53)50-16-8-12-20-54(50)57)29-33-74(46-62(78)88-66(4,5)6)34-30-72(28-32-73)44-60(76)68-24-36-82-40-42-84-38-26-70-64(80)86-48-58-55-21-13-9-17-51(55)52-18-10-14-22-56(52)58/h7-22,57-58H,23-48H2,1-6H3,(H,67,75)(H,68,76)(H,69,79)(H,70,80). The average molecular weight is 1220 g/mol. The number of alkyl carbamates (subject to hydrolysis) is 2. The van der Waals surface area contributed by atoms with Crippen molar-refractivity contribution in [1.82, 2.24) is 40.9 Å². The Kier molecular flexibility index (Phi) is 27.4. The molecule has 4 aromatic rings. The van der Waals surface area contributed by atoms with Crippen LogP contribution in [0.25, 0.3) is 22.3 Å². The molecule has 4 amide bonds. The van der Waals surface area contributed by atoms with Gasteiger partial charge in [-0.1, -0.05) is 97.1 Å². The zero-order valence-corrected chi connectivity index (χ0v) is 52.3. The summed E-state index contributed by atoms with van der Waals surface area (Å²) in [6.07, 6.45) is -1.02. The maximum atomic E-state index is 13.4.